The fourth-order valence-corrected chi connectivity index (χ4v) is 1.92. The number of urea groups is 1. The average Bonchev–Trinajstić information content (AvgIpc) is 2.58. The number of para-hydroxylation sites is 1. The summed E-state index contributed by atoms with van der Waals surface area (Å²) in [5.74, 6) is -0.591. The van der Waals surface area contributed by atoms with Crippen molar-refractivity contribution >= 4 is 23.9 Å². The van der Waals surface area contributed by atoms with E-state index in [0.29, 0.717) is 11.4 Å². The van der Waals surface area contributed by atoms with Gasteiger partial charge in [0.05, 0.1) is 6.21 Å². The number of carboxylic acid groups (broad SMARTS) is 1. The number of nitrogens with zero attached hydrogens (tertiary/aromatic N) is 1. The number of carbonyl (C=O) groups excluding carboxylic acids is 1. The molecule has 0 aliphatic heterocycles. The molecule has 1 atom stereocenters. The number of hydrogen-bond acceptors (Lipinski definition) is 4. The molecule has 2 aromatic carbocycles. The Kier molecular flexibility index (Phi) is 6.11. The zero-order chi connectivity index (χ0) is 18.2. The second-order valence-corrected chi connectivity index (χ2v) is 5.31. The number of aliphatic carboxylic acids is 1. The molecule has 0 saturated heterocycles. The number of amides is 2. The Morgan fingerprint density at radius 1 is 1.16 bits per heavy atom. The number of nitrogens with one attached hydrogen (secondary N) is 2. The van der Waals surface area contributed by atoms with Gasteiger partial charge in [0, 0.05) is 5.69 Å². The lowest BCUT2D eigenvalue weighted by molar-refractivity contribution is -0.144. The van der Waals surface area contributed by atoms with E-state index in [1.54, 1.807) is 30.3 Å². The monoisotopic (exact) mass is 341 g/mol. The van der Waals surface area contributed by atoms with Crippen molar-refractivity contribution in [3.8, 4) is 5.75 Å². The van der Waals surface area contributed by atoms with Crippen LogP contribution in [0, 0.1) is 6.92 Å². The lowest BCUT2D eigenvalue weighted by Crippen LogP contribution is -2.24. The van der Waals surface area contributed by atoms with Gasteiger partial charge in [0.15, 0.2) is 6.10 Å². The summed E-state index contributed by atoms with van der Waals surface area (Å²) in [4.78, 5) is 22.5. The molecule has 0 aromatic heterocycles. The molecule has 2 aromatic rings. The smallest absolute Gasteiger partial charge is 0.344 e. The predicted molar refractivity (Wildman–Crippen MR) is 95.1 cm³/mol. The van der Waals surface area contributed by atoms with Gasteiger partial charge in [-0.05, 0) is 55.3 Å². The van der Waals surface area contributed by atoms with Crippen molar-refractivity contribution in [1.29, 1.82) is 0 Å². The fraction of sp³-hybridized carbons (Fsp3) is 0.167. The molecule has 0 saturated carbocycles. The molecule has 0 heterocycles. The highest BCUT2D eigenvalue weighted by Crippen LogP contribution is 2.14. The standard InChI is InChI=1S/C18H19N3O4/c1-12-5-3-4-6-16(12)20-18(24)21-19-11-14-7-9-15(10-8-14)25-13(2)17(22)23/h3-11,13H,1-2H3,(H,22,23)(H2,20,21,24)/b19-11+/t13-/m0/s1. The highest BCUT2D eigenvalue weighted by molar-refractivity contribution is 5.91. The minimum absolute atomic E-state index is 0.442. The van der Waals surface area contributed by atoms with Gasteiger partial charge in [0.2, 0.25) is 0 Å². The van der Waals surface area contributed by atoms with Gasteiger partial charge in [0.1, 0.15) is 5.75 Å². The zero-order valence-electron chi connectivity index (χ0n) is 13.9. The summed E-state index contributed by atoms with van der Waals surface area (Å²) in [7, 11) is 0. The van der Waals surface area contributed by atoms with E-state index in [4.69, 9.17) is 9.84 Å². The van der Waals surface area contributed by atoms with Crippen molar-refractivity contribution in [1.82, 2.24) is 5.43 Å². The van der Waals surface area contributed by atoms with Gasteiger partial charge in [-0.25, -0.2) is 15.0 Å². The molecule has 0 aliphatic carbocycles. The number of hydrazone groups is 1. The maximum Gasteiger partial charge on any atom is 0.344 e. The molecule has 7 nitrogen and oxygen atoms in total. The van der Waals surface area contributed by atoms with Crippen LogP contribution in [0.1, 0.15) is 18.1 Å². The Morgan fingerprint density at radius 3 is 2.48 bits per heavy atom. The molecule has 25 heavy (non-hydrogen) atoms. The summed E-state index contributed by atoms with van der Waals surface area (Å²) in [6.07, 6.45) is 0.549. The minimum Gasteiger partial charge on any atom is -0.479 e. The summed E-state index contributed by atoms with van der Waals surface area (Å²) in [5, 5.41) is 15.4. The van der Waals surface area contributed by atoms with Gasteiger partial charge in [-0.1, -0.05) is 18.2 Å². The van der Waals surface area contributed by atoms with Crippen molar-refractivity contribution in [2.75, 3.05) is 5.32 Å². The second-order valence-electron chi connectivity index (χ2n) is 5.31. The number of anilines is 1. The Hall–Kier alpha value is -3.35. The molecule has 0 bridgehead atoms. The average molecular weight is 341 g/mol. The maximum atomic E-state index is 11.8. The molecular weight excluding hydrogens is 322 g/mol. The molecule has 3 N–H and O–H groups in total. The van der Waals surface area contributed by atoms with Crippen LogP contribution in [0.4, 0.5) is 10.5 Å². The normalized spacial score (nSPS) is 11.8. The molecule has 0 spiro atoms. The predicted octanol–water partition coefficient (Wildman–Crippen LogP) is 3.00. The largest absolute Gasteiger partial charge is 0.479 e. The summed E-state index contributed by atoms with van der Waals surface area (Å²) < 4.78 is 5.23. The molecule has 130 valence electrons. The molecular formula is C18H19N3O4. The van der Waals surface area contributed by atoms with Gasteiger partial charge >= 0.3 is 12.0 Å². The molecule has 0 fully saturated rings. The Bertz CT molecular complexity index is 772. The van der Waals surface area contributed by atoms with E-state index in [2.05, 4.69) is 15.8 Å². The Morgan fingerprint density at radius 2 is 1.84 bits per heavy atom. The third-order valence-corrected chi connectivity index (χ3v) is 3.31. The number of carboxylic acids is 1. The highest BCUT2D eigenvalue weighted by Gasteiger charge is 2.11. The lowest BCUT2D eigenvalue weighted by Gasteiger charge is -2.10. The topological polar surface area (TPSA) is 100 Å². The summed E-state index contributed by atoms with van der Waals surface area (Å²) in [6.45, 7) is 3.35. The number of rotatable bonds is 6. The highest BCUT2D eigenvalue weighted by atomic mass is 16.5. The van der Waals surface area contributed by atoms with Gasteiger partial charge in [0.25, 0.3) is 0 Å². The van der Waals surface area contributed by atoms with Gasteiger partial charge in [-0.15, -0.1) is 0 Å². The van der Waals surface area contributed by atoms with Crippen molar-refractivity contribution in [3.05, 3.63) is 59.7 Å². The third kappa shape index (κ3) is 5.65. The minimum atomic E-state index is -1.03. The van der Waals surface area contributed by atoms with E-state index in [0.717, 1.165) is 11.1 Å². The van der Waals surface area contributed by atoms with Crippen LogP contribution < -0.4 is 15.5 Å². The number of aryl methyl sites for hydroxylation is 1. The molecule has 0 radical (unpaired) electrons. The van der Waals surface area contributed by atoms with E-state index in [1.165, 1.54) is 13.1 Å². The van der Waals surface area contributed by atoms with Crippen LogP contribution in [0.5, 0.6) is 5.75 Å². The fourth-order valence-electron chi connectivity index (χ4n) is 1.92. The van der Waals surface area contributed by atoms with E-state index in [9.17, 15) is 9.59 Å². The van der Waals surface area contributed by atoms with Gasteiger partial charge in [-0.2, -0.15) is 5.10 Å². The Balaban J connectivity index is 1.86. The molecule has 0 unspecified atom stereocenters. The third-order valence-electron chi connectivity index (χ3n) is 3.31. The summed E-state index contributed by atoms with van der Waals surface area (Å²) in [5.41, 5.74) is 4.77. The first kappa shape index (κ1) is 18.0. The van der Waals surface area contributed by atoms with E-state index in [1.807, 2.05) is 25.1 Å². The molecule has 0 aliphatic rings. The molecule has 2 amide bonds. The van der Waals surface area contributed by atoms with Crippen molar-refractivity contribution < 1.29 is 19.4 Å². The van der Waals surface area contributed by atoms with Crippen LogP contribution in [0.25, 0.3) is 0 Å². The maximum absolute atomic E-state index is 11.8. The molecule has 2 rings (SSSR count). The van der Waals surface area contributed by atoms with Crippen molar-refractivity contribution in [3.63, 3.8) is 0 Å². The second kappa shape index (κ2) is 8.49. The van der Waals surface area contributed by atoms with E-state index < -0.39 is 18.1 Å². The van der Waals surface area contributed by atoms with E-state index in [-0.39, 0.29) is 0 Å². The number of benzene rings is 2. The van der Waals surface area contributed by atoms with Crippen LogP contribution in [-0.4, -0.2) is 29.4 Å². The first-order valence-corrected chi connectivity index (χ1v) is 7.61. The quantitative estimate of drug-likeness (QED) is 0.555. The van der Waals surface area contributed by atoms with Crippen molar-refractivity contribution in [2.24, 2.45) is 5.10 Å². The number of hydrogen-bond donors (Lipinski definition) is 3. The first-order chi connectivity index (χ1) is 12.0. The number of carbonyl (C=O) groups is 2. The van der Waals surface area contributed by atoms with Gasteiger partial charge in [-0.3, -0.25) is 0 Å². The van der Waals surface area contributed by atoms with Crippen LogP contribution in [0.15, 0.2) is 53.6 Å². The first-order valence-electron chi connectivity index (χ1n) is 7.61. The summed E-state index contributed by atoms with van der Waals surface area (Å²) in [6, 6.07) is 13.6. The van der Waals surface area contributed by atoms with Gasteiger partial charge < -0.3 is 15.2 Å². The number of ether oxygens (including phenoxy) is 1. The zero-order valence-corrected chi connectivity index (χ0v) is 13.9. The van der Waals surface area contributed by atoms with Crippen LogP contribution >= 0.6 is 0 Å². The van der Waals surface area contributed by atoms with Crippen LogP contribution in [0.2, 0.25) is 0 Å². The SMILES string of the molecule is Cc1ccccc1NC(=O)N/N=C/c1ccc(O[C@@H](C)C(=O)O)cc1. The summed E-state index contributed by atoms with van der Waals surface area (Å²) >= 11 is 0. The molecule has 7 heteroatoms. The Labute approximate surface area is 145 Å². The van der Waals surface area contributed by atoms with E-state index >= 15 is 0 Å². The van der Waals surface area contributed by atoms with Crippen LogP contribution in [0.3, 0.4) is 0 Å². The van der Waals surface area contributed by atoms with Crippen molar-refractivity contribution in [2.45, 2.75) is 20.0 Å². The van der Waals surface area contributed by atoms with Crippen LogP contribution in [-0.2, 0) is 4.79 Å². The lowest BCUT2D eigenvalue weighted by atomic mass is 10.2.